The Balaban J connectivity index is 2.70. The van der Waals surface area contributed by atoms with Gasteiger partial charge in [-0.25, -0.2) is 4.89 Å². The van der Waals surface area contributed by atoms with Crippen LogP contribution in [0, 0.1) is 5.92 Å². The Morgan fingerprint density at radius 1 is 1.15 bits per heavy atom. The van der Waals surface area contributed by atoms with Gasteiger partial charge in [0, 0.05) is 5.31 Å². The van der Waals surface area contributed by atoms with Gasteiger partial charge in [-0.1, -0.05) is 33.6 Å². The molecule has 0 unspecified atom stereocenters. The molecule has 1 heterocycles. The molecule has 0 aliphatic carbocycles. The van der Waals surface area contributed by atoms with Gasteiger partial charge in [0.25, 0.3) is 0 Å². The van der Waals surface area contributed by atoms with Crippen LogP contribution in [0.15, 0.2) is 0 Å². The molecule has 13 heavy (non-hydrogen) atoms. The fourth-order valence-corrected chi connectivity index (χ4v) is 1.56. The molecule has 0 saturated carbocycles. The van der Waals surface area contributed by atoms with Gasteiger partial charge in [-0.15, -0.1) is 0 Å². The summed E-state index contributed by atoms with van der Waals surface area (Å²) < 4.78 is 0. The van der Waals surface area contributed by atoms with Crippen LogP contribution in [-0.2, 0) is 9.69 Å². The van der Waals surface area contributed by atoms with Gasteiger partial charge in [-0.2, -0.15) is 0 Å². The first-order chi connectivity index (χ1) is 5.77. The van der Waals surface area contributed by atoms with E-state index in [2.05, 4.69) is 41.5 Å². The minimum absolute atomic E-state index is 0.0945. The van der Waals surface area contributed by atoms with E-state index in [-0.39, 0.29) is 17.8 Å². The molecule has 1 saturated heterocycles. The summed E-state index contributed by atoms with van der Waals surface area (Å²) >= 11 is 0. The maximum absolute atomic E-state index is 5.39. The molecule has 2 nitrogen and oxygen atoms in total. The zero-order chi connectivity index (χ0) is 10.3. The summed E-state index contributed by atoms with van der Waals surface area (Å²) in [6, 6.07) is 0. The zero-order valence-electron chi connectivity index (χ0n) is 9.68. The normalized spacial score (nSPS) is 25.6. The van der Waals surface area contributed by atoms with Crippen LogP contribution < -0.4 is 0 Å². The van der Waals surface area contributed by atoms with E-state index in [0.29, 0.717) is 5.92 Å². The standard InChI is InChI=1S/C10H21BO2/c1-8(2)7-11-9(3,4)10(5,6)12-13-11/h8H,7H2,1-6H3. The van der Waals surface area contributed by atoms with Crippen molar-refractivity contribution in [2.75, 3.05) is 0 Å². The van der Waals surface area contributed by atoms with Crippen LogP contribution in [0.2, 0.25) is 11.6 Å². The third kappa shape index (κ3) is 1.91. The molecular weight excluding hydrogens is 163 g/mol. The van der Waals surface area contributed by atoms with E-state index in [1.807, 2.05) is 0 Å². The third-order valence-corrected chi connectivity index (χ3v) is 3.41. The highest BCUT2D eigenvalue weighted by Crippen LogP contribution is 2.50. The third-order valence-electron chi connectivity index (χ3n) is 3.41. The molecule has 0 aromatic heterocycles. The lowest BCUT2D eigenvalue weighted by Gasteiger charge is -2.32. The Bertz CT molecular complexity index is 187. The summed E-state index contributed by atoms with van der Waals surface area (Å²) in [6.07, 6.45) is 1.07. The monoisotopic (exact) mass is 184 g/mol. The first-order valence-electron chi connectivity index (χ1n) is 5.12. The molecule has 76 valence electrons. The molecule has 1 aliphatic rings. The maximum atomic E-state index is 5.39. The average Bonchev–Trinajstić information content (AvgIpc) is 2.11. The molecule has 0 aromatic rings. The van der Waals surface area contributed by atoms with Crippen LogP contribution in [0.3, 0.4) is 0 Å². The summed E-state index contributed by atoms with van der Waals surface area (Å²) in [5.74, 6) is 0.654. The van der Waals surface area contributed by atoms with Gasteiger partial charge in [0.05, 0.1) is 5.60 Å². The highest BCUT2D eigenvalue weighted by Gasteiger charge is 2.55. The lowest BCUT2D eigenvalue weighted by molar-refractivity contribution is -0.262. The second-order valence-corrected chi connectivity index (χ2v) is 5.53. The molecule has 0 atom stereocenters. The Kier molecular flexibility index (Phi) is 2.79. The van der Waals surface area contributed by atoms with Crippen molar-refractivity contribution in [2.24, 2.45) is 5.92 Å². The number of rotatable bonds is 2. The van der Waals surface area contributed by atoms with Crippen molar-refractivity contribution in [1.29, 1.82) is 0 Å². The average molecular weight is 184 g/mol. The Morgan fingerprint density at radius 3 is 2.00 bits per heavy atom. The number of hydrogen-bond donors (Lipinski definition) is 0. The first-order valence-corrected chi connectivity index (χ1v) is 5.12. The van der Waals surface area contributed by atoms with Crippen LogP contribution in [0.25, 0.3) is 0 Å². The van der Waals surface area contributed by atoms with Crippen molar-refractivity contribution in [3.8, 4) is 0 Å². The van der Waals surface area contributed by atoms with E-state index < -0.39 is 0 Å². The predicted molar refractivity (Wildman–Crippen MR) is 55.7 cm³/mol. The molecule has 0 spiro atoms. The lowest BCUT2D eigenvalue weighted by Crippen LogP contribution is -2.37. The van der Waals surface area contributed by atoms with Crippen molar-refractivity contribution in [3.05, 3.63) is 0 Å². The molecule has 1 aliphatic heterocycles. The largest absolute Gasteiger partial charge is 0.349 e. The SMILES string of the molecule is CC(C)CB1OOC(C)(C)C1(C)C. The predicted octanol–water partition coefficient (Wildman–Crippen LogP) is 3.15. The maximum Gasteiger partial charge on any atom is 0.349 e. The minimum Gasteiger partial charge on any atom is -0.304 e. The van der Waals surface area contributed by atoms with Gasteiger partial charge in [0.15, 0.2) is 0 Å². The van der Waals surface area contributed by atoms with E-state index >= 15 is 0 Å². The fourth-order valence-electron chi connectivity index (χ4n) is 1.56. The van der Waals surface area contributed by atoms with Crippen LogP contribution in [0.5, 0.6) is 0 Å². The van der Waals surface area contributed by atoms with Gasteiger partial charge in [-0.05, 0) is 20.2 Å². The summed E-state index contributed by atoms with van der Waals surface area (Å²) in [5, 5.41) is 0.0945. The van der Waals surface area contributed by atoms with E-state index in [0.717, 1.165) is 6.32 Å². The van der Waals surface area contributed by atoms with Crippen LogP contribution in [0.1, 0.15) is 41.5 Å². The molecule has 0 aromatic carbocycles. The van der Waals surface area contributed by atoms with Gasteiger partial charge in [-0.3, -0.25) is 0 Å². The van der Waals surface area contributed by atoms with Crippen LogP contribution in [-0.4, -0.2) is 12.5 Å². The van der Waals surface area contributed by atoms with Crippen molar-refractivity contribution < 1.29 is 9.69 Å². The van der Waals surface area contributed by atoms with Crippen LogP contribution in [0.4, 0.5) is 0 Å². The molecule has 1 fully saturated rings. The molecular formula is C10H21BO2. The van der Waals surface area contributed by atoms with Crippen LogP contribution >= 0.6 is 0 Å². The molecule has 0 N–H and O–H groups in total. The fraction of sp³-hybridized carbons (Fsp3) is 1.00. The van der Waals surface area contributed by atoms with Gasteiger partial charge < -0.3 is 4.81 Å². The highest BCUT2D eigenvalue weighted by molar-refractivity contribution is 6.56. The smallest absolute Gasteiger partial charge is 0.304 e. The summed E-state index contributed by atoms with van der Waals surface area (Å²) in [7, 11) is 0. The van der Waals surface area contributed by atoms with Crippen molar-refractivity contribution in [1.82, 2.24) is 0 Å². The molecule has 0 bridgehead atoms. The molecule has 0 radical (unpaired) electrons. The Morgan fingerprint density at radius 2 is 1.69 bits per heavy atom. The second-order valence-electron chi connectivity index (χ2n) is 5.53. The lowest BCUT2D eigenvalue weighted by atomic mass is 9.40. The van der Waals surface area contributed by atoms with Gasteiger partial charge in [0.1, 0.15) is 0 Å². The zero-order valence-corrected chi connectivity index (χ0v) is 9.68. The van der Waals surface area contributed by atoms with Crippen molar-refractivity contribution in [2.45, 2.75) is 58.8 Å². The molecule has 3 heteroatoms. The van der Waals surface area contributed by atoms with E-state index in [4.69, 9.17) is 9.69 Å². The highest BCUT2D eigenvalue weighted by atomic mass is 17.2. The quantitative estimate of drug-likeness (QED) is 0.484. The Labute approximate surface area is 82.0 Å². The van der Waals surface area contributed by atoms with E-state index in [1.165, 1.54) is 0 Å². The summed E-state index contributed by atoms with van der Waals surface area (Å²) in [4.78, 5) is 10.8. The number of hydrogen-bond acceptors (Lipinski definition) is 2. The molecule has 0 amide bonds. The summed E-state index contributed by atoms with van der Waals surface area (Å²) in [5.41, 5.74) is -0.174. The van der Waals surface area contributed by atoms with Crippen molar-refractivity contribution in [3.63, 3.8) is 0 Å². The van der Waals surface area contributed by atoms with Crippen molar-refractivity contribution >= 4 is 6.92 Å². The van der Waals surface area contributed by atoms with E-state index in [9.17, 15) is 0 Å². The molecule has 1 rings (SSSR count). The topological polar surface area (TPSA) is 18.5 Å². The Hall–Kier alpha value is -0.0151. The minimum atomic E-state index is -0.174. The first kappa shape index (κ1) is 11.1. The second kappa shape index (κ2) is 3.28. The summed E-state index contributed by atoms with van der Waals surface area (Å²) in [6.45, 7) is 13.3. The van der Waals surface area contributed by atoms with E-state index in [1.54, 1.807) is 0 Å². The van der Waals surface area contributed by atoms with Gasteiger partial charge >= 0.3 is 6.92 Å². The van der Waals surface area contributed by atoms with Gasteiger partial charge in [0.2, 0.25) is 0 Å².